The summed E-state index contributed by atoms with van der Waals surface area (Å²) in [6.45, 7) is 4.04. The third-order valence-electron chi connectivity index (χ3n) is 4.31. The normalized spacial score (nSPS) is 14.2. The Bertz CT molecular complexity index is 798. The molecular formula is C21H20O2. The maximum Gasteiger partial charge on any atom is 0.194 e. The van der Waals surface area contributed by atoms with Crippen molar-refractivity contribution in [2.45, 2.75) is 33.1 Å². The zero-order chi connectivity index (χ0) is 16.4. The van der Waals surface area contributed by atoms with Gasteiger partial charge in [-0.3, -0.25) is 9.59 Å². The predicted octanol–water partition coefficient (Wildman–Crippen LogP) is 5.02. The number of fused-ring (bicyclic) bond motifs is 1. The first-order valence-corrected chi connectivity index (χ1v) is 8.12. The van der Waals surface area contributed by atoms with Crippen LogP contribution in [0.25, 0.3) is 5.57 Å². The highest BCUT2D eigenvalue weighted by Gasteiger charge is 2.32. The SMILES string of the molecule is CCCCC1=C(c2ccccc2)C(=O)c2ccc(C)cc2C1=O. The maximum absolute atomic E-state index is 13.0. The van der Waals surface area contributed by atoms with Crippen LogP contribution in [0.3, 0.4) is 0 Å². The molecule has 2 nitrogen and oxygen atoms in total. The van der Waals surface area contributed by atoms with Crippen molar-refractivity contribution in [3.63, 3.8) is 0 Å². The van der Waals surface area contributed by atoms with E-state index in [1.807, 2.05) is 49.4 Å². The van der Waals surface area contributed by atoms with Gasteiger partial charge < -0.3 is 0 Å². The molecule has 2 aromatic rings. The lowest BCUT2D eigenvalue weighted by atomic mass is 9.79. The minimum Gasteiger partial charge on any atom is -0.289 e. The van der Waals surface area contributed by atoms with Crippen LogP contribution in [0.1, 0.15) is 58.0 Å². The molecule has 0 bridgehead atoms. The maximum atomic E-state index is 13.0. The minimum atomic E-state index is -0.0306. The fourth-order valence-corrected chi connectivity index (χ4v) is 3.09. The molecule has 0 aliphatic heterocycles. The Morgan fingerprint density at radius 3 is 2.30 bits per heavy atom. The van der Waals surface area contributed by atoms with Crippen LogP contribution in [-0.4, -0.2) is 11.6 Å². The van der Waals surface area contributed by atoms with Crippen LogP contribution in [0, 0.1) is 6.92 Å². The smallest absolute Gasteiger partial charge is 0.194 e. The summed E-state index contributed by atoms with van der Waals surface area (Å²) >= 11 is 0. The third-order valence-corrected chi connectivity index (χ3v) is 4.31. The van der Waals surface area contributed by atoms with Gasteiger partial charge in [0.05, 0.1) is 0 Å². The lowest BCUT2D eigenvalue weighted by Crippen LogP contribution is -2.21. The second-order valence-electron chi connectivity index (χ2n) is 6.03. The van der Waals surface area contributed by atoms with E-state index in [9.17, 15) is 9.59 Å². The zero-order valence-electron chi connectivity index (χ0n) is 13.6. The molecule has 0 heterocycles. The average Bonchev–Trinajstić information content (AvgIpc) is 2.57. The van der Waals surface area contributed by atoms with E-state index in [1.165, 1.54) is 0 Å². The van der Waals surface area contributed by atoms with Crippen molar-refractivity contribution >= 4 is 17.1 Å². The molecule has 1 aliphatic rings. The first kappa shape index (κ1) is 15.4. The number of aryl methyl sites for hydroxylation is 1. The molecule has 0 saturated carbocycles. The Morgan fingerprint density at radius 1 is 0.870 bits per heavy atom. The van der Waals surface area contributed by atoms with Crippen LogP contribution in [0.4, 0.5) is 0 Å². The van der Waals surface area contributed by atoms with E-state index >= 15 is 0 Å². The molecule has 0 unspecified atom stereocenters. The van der Waals surface area contributed by atoms with Gasteiger partial charge >= 0.3 is 0 Å². The molecule has 2 heteroatoms. The van der Waals surface area contributed by atoms with Crippen molar-refractivity contribution in [2.24, 2.45) is 0 Å². The summed E-state index contributed by atoms with van der Waals surface area (Å²) in [6.07, 6.45) is 2.55. The number of ketones is 2. The summed E-state index contributed by atoms with van der Waals surface area (Å²) in [7, 11) is 0. The first-order chi connectivity index (χ1) is 11.1. The van der Waals surface area contributed by atoms with Gasteiger partial charge in [0, 0.05) is 22.3 Å². The van der Waals surface area contributed by atoms with Gasteiger partial charge in [-0.1, -0.05) is 61.4 Å². The topological polar surface area (TPSA) is 34.1 Å². The van der Waals surface area contributed by atoms with E-state index in [4.69, 9.17) is 0 Å². The summed E-state index contributed by atoms with van der Waals surface area (Å²) < 4.78 is 0. The molecule has 0 radical (unpaired) electrons. The molecule has 0 spiro atoms. The summed E-state index contributed by atoms with van der Waals surface area (Å²) in [5, 5.41) is 0. The van der Waals surface area contributed by atoms with E-state index in [0.29, 0.717) is 28.7 Å². The number of benzene rings is 2. The summed E-state index contributed by atoms with van der Waals surface area (Å²) in [6, 6.07) is 15.1. The number of hydrogen-bond acceptors (Lipinski definition) is 2. The van der Waals surface area contributed by atoms with Gasteiger partial charge in [-0.2, -0.15) is 0 Å². The van der Waals surface area contributed by atoms with Crippen molar-refractivity contribution in [3.8, 4) is 0 Å². The molecular weight excluding hydrogens is 284 g/mol. The standard InChI is InChI=1S/C21H20O2/c1-3-4-10-17-19(15-8-6-5-7-9-15)21(23)16-12-11-14(2)13-18(16)20(17)22/h5-9,11-13H,3-4,10H2,1-2H3. The molecule has 23 heavy (non-hydrogen) atoms. The highest BCUT2D eigenvalue weighted by molar-refractivity contribution is 6.40. The van der Waals surface area contributed by atoms with Crippen LogP contribution >= 0.6 is 0 Å². The van der Waals surface area contributed by atoms with E-state index in [2.05, 4.69) is 6.92 Å². The van der Waals surface area contributed by atoms with Crippen LogP contribution < -0.4 is 0 Å². The fourth-order valence-electron chi connectivity index (χ4n) is 3.09. The molecule has 0 fully saturated rings. The largest absolute Gasteiger partial charge is 0.289 e. The number of allylic oxidation sites excluding steroid dienone is 2. The Morgan fingerprint density at radius 2 is 1.61 bits per heavy atom. The second kappa shape index (κ2) is 6.33. The predicted molar refractivity (Wildman–Crippen MR) is 92.7 cm³/mol. The Balaban J connectivity index is 2.21. The van der Waals surface area contributed by atoms with E-state index in [-0.39, 0.29) is 11.6 Å². The highest BCUT2D eigenvalue weighted by atomic mass is 16.1. The monoisotopic (exact) mass is 304 g/mol. The van der Waals surface area contributed by atoms with Crippen LogP contribution in [0.2, 0.25) is 0 Å². The summed E-state index contributed by atoms with van der Waals surface area (Å²) in [5.74, 6) is -0.0208. The third kappa shape index (κ3) is 2.77. The van der Waals surface area contributed by atoms with Gasteiger partial charge in [-0.15, -0.1) is 0 Å². The molecule has 1 aliphatic carbocycles. The van der Waals surface area contributed by atoms with Crippen LogP contribution in [0.5, 0.6) is 0 Å². The van der Waals surface area contributed by atoms with Crippen LogP contribution in [0.15, 0.2) is 54.1 Å². The molecule has 0 atom stereocenters. The van der Waals surface area contributed by atoms with Crippen molar-refractivity contribution in [3.05, 3.63) is 76.4 Å². The Hall–Kier alpha value is -2.48. The van der Waals surface area contributed by atoms with Crippen molar-refractivity contribution in [1.82, 2.24) is 0 Å². The Kier molecular flexibility index (Phi) is 4.24. The Labute approximate surface area is 136 Å². The van der Waals surface area contributed by atoms with Gasteiger partial charge in [-0.05, 0) is 31.4 Å². The average molecular weight is 304 g/mol. The molecule has 0 aromatic heterocycles. The van der Waals surface area contributed by atoms with E-state index < -0.39 is 0 Å². The number of carbonyl (C=O) groups excluding carboxylic acids is 2. The number of unbranched alkanes of at least 4 members (excludes halogenated alkanes) is 1. The molecule has 116 valence electrons. The van der Waals surface area contributed by atoms with Gasteiger partial charge in [0.2, 0.25) is 0 Å². The van der Waals surface area contributed by atoms with Crippen LogP contribution in [-0.2, 0) is 0 Å². The number of rotatable bonds is 4. The van der Waals surface area contributed by atoms with Crippen molar-refractivity contribution in [2.75, 3.05) is 0 Å². The lowest BCUT2D eigenvalue weighted by molar-refractivity contribution is 0.0988. The highest BCUT2D eigenvalue weighted by Crippen LogP contribution is 2.35. The van der Waals surface area contributed by atoms with Gasteiger partial charge in [0.1, 0.15) is 0 Å². The van der Waals surface area contributed by atoms with Gasteiger partial charge in [-0.25, -0.2) is 0 Å². The summed E-state index contributed by atoms with van der Waals surface area (Å²) in [4.78, 5) is 26.0. The van der Waals surface area contributed by atoms with Crippen molar-refractivity contribution in [1.29, 1.82) is 0 Å². The number of carbonyl (C=O) groups is 2. The van der Waals surface area contributed by atoms with E-state index in [1.54, 1.807) is 6.07 Å². The first-order valence-electron chi connectivity index (χ1n) is 8.12. The summed E-state index contributed by atoms with van der Waals surface area (Å²) in [5.41, 5.74) is 4.17. The number of hydrogen-bond donors (Lipinski definition) is 0. The second-order valence-corrected chi connectivity index (χ2v) is 6.03. The fraction of sp³-hybridized carbons (Fsp3) is 0.238. The molecule has 0 saturated heterocycles. The molecule has 3 rings (SSSR count). The number of Topliss-reactive ketones (excluding diaryl/α,β-unsaturated/α-hetero) is 2. The molecule has 2 aromatic carbocycles. The quantitative estimate of drug-likeness (QED) is 0.795. The van der Waals surface area contributed by atoms with Gasteiger partial charge in [0.15, 0.2) is 11.6 Å². The lowest BCUT2D eigenvalue weighted by Gasteiger charge is -2.22. The minimum absolute atomic E-state index is 0.00982. The zero-order valence-corrected chi connectivity index (χ0v) is 13.6. The molecule has 0 amide bonds. The van der Waals surface area contributed by atoms with Gasteiger partial charge in [0.25, 0.3) is 0 Å². The van der Waals surface area contributed by atoms with Crippen molar-refractivity contribution < 1.29 is 9.59 Å². The molecule has 0 N–H and O–H groups in total. The van der Waals surface area contributed by atoms with E-state index in [0.717, 1.165) is 24.0 Å².